The minimum absolute atomic E-state index is 0.0335. The highest BCUT2D eigenvalue weighted by molar-refractivity contribution is 6.31. The van der Waals surface area contributed by atoms with Gasteiger partial charge in [0.2, 0.25) is 0 Å². The molecule has 0 aliphatic carbocycles. The smallest absolute Gasteiger partial charge is 0.283 e. The number of carbonyl (C=O) groups excluding carboxylic acids is 1. The summed E-state index contributed by atoms with van der Waals surface area (Å²) in [4.78, 5) is 27.6. The van der Waals surface area contributed by atoms with Gasteiger partial charge in [0.15, 0.2) is 0 Å². The third-order valence-corrected chi connectivity index (χ3v) is 5.31. The maximum atomic E-state index is 12.3. The minimum atomic E-state index is -0.589. The Kier molecular flexibility index (Phi) is 7.06. The molecule has 29 heavy (non-hydrogen) atoms. The quantitative estimate of drug-likeness (QED) is 0.424. The normalized spacial score (nSPS) is 14.6. The molecule has 1 aliphatic rings. The van der Waals surface area contributed by atoms with Gasteiger partial charge in [-0.15, -0.1) is 0 Å². The molecule has 1 fully saturated rings. The fraction of sp³-hybridized carbons (Fsp3) is 0.381. The molecule has 2 aromatic rings. The van der Waals surface area contributed by atoms with Gasteiger partial charge in [-0.05, 0) is 49.7 Å². The number of hydrogen-bond acceptors (Lipinski definition) is 5. The molecule has 1 aliphatic heterocycles. The van der Waals surface area contributed by atoms with E-state index in [-0.39, 0.29) is 16.3 Å². The Bertz CT molecular complexity index is 882. The standard InChI is InChI=1S/C21H25ClN4O3/c1-16-4-2-5-18(14-16)25-12-10-24(11-13-25)9-3-8-23-21(27)19-7-6-17(22)15-20(19)26(28)29/h2,4-7,14-15H,3,8-13H2,1H3,(H,23,27). The first-order valence-corrected chi connectivity index (χ1v) is 10.1. The van der Waals surface area contributed by atoms with Gasteiger partial charge in [0.25, 0.3) is 11.6 Å². The molecule has 0 bridgehead atoms. The van der Waals surface area contributed by atoms with Crippen LogP contribution in [-0.4, -0.2) is 55.0 Å². The summed E-state index contributed by atoms with van der Waals surface area (Å²) in [6, 6.07) is 12.6. The molecule has 0 spiro atoms. The number of amides is 1. The highest BCUT2D eigenvalue weighted by Crippen LogP contribution is 2.23. The van der Waals surface area contributed by atoms with Crippen LogP contribution in [0.25, 0.3) is 0 Å². The highest BCUT2D eigenvalue weighted by atomic mass is 35.5. The SMILES string of the molecule is Cc1cccc(N2CCN(CCCNC(=O)c3ccc(Cl)cc3[N+](=O)[O-])CC2)c1. The summed E-state index contributed by atoms with van der Waals surface area (Å²) < 4.78 is 0. The second kappa shape index (κ2) is 9.71. The number of halogens is 1. The van der Waals surface area contributed by atoms with Gasteiger partial charge in [-0.25, -0.2) is 0 Å². The Morgan fingerprint density at radius 2 is 1.93 bits per heavy atom. The number of nitrogens with one attached hydrogen (secondary N) is 1. The second-order valence-electron chi connectivity index (χ2n) is 7.20. The zero-order valence-corrected chi connectivity index (χ0v) is 17.2. The molecule has 8 heteroatoms. The lowest BCUT2D eigenvalue weighted by molar-refractivity contribution is -0.385. The molecule has 2 aromatic carbocycles. The van der Waals surface area contributed by atoms with Crippen LogP contribution in [0.1, 0.15) is 22.3 Å². The molecular weight excluding hydrogens is 392 g/mol. The summed E-state index contributed by atoms with van der Waals surface area (Å²) in [6.45, 7) is 7.36. The topological polar surface area (TPSA) is 78.7 Å². The Labute approximate surface area is 175 Å². The third kappa shape index (κ3) is 5.68. The van der Waals surface area contributed by atoms with Crippen molar-refractivity contribution in [2.24, 2.45) is 0 Å². The number of carbonyl (C=O) groups is 1. The lowest BCUT2D eigenvalue weighted by Gasteiger charge is -2.36. The van der Waals surface area contributed by atoms with E-state index in [1.807, 2.05) is 0 Å². The Balaban J connectivity index is 1.41. The molecule has 154 valence electrons. The van der Waals surface area contributed by atoms with Crippen molar-refractivity contribution in [2.75, 3.05) is 44.2 Å². The van der Waals surface area contributed by atoms with Crippen LogP contribution in [0.5, 0.6) is 0 Å². The fourth-order valence-electron chi connectivity index (χ4n) is 3.50. The van der Waals surface area contributed by atoms with Gasteiger partial charge in [0, 0.05) is 49.5 Å². The molecule has 3 rings (SSSR count). The first kappa shape index (κ1) is 21.1. The molecule has 1 N–H and O–H groups in total. The maximum absolute atomic E-state index is 12.3. The number of anilines is 1. The number of benzene rings is 2. The van der Waals surface area contributed by atoms with Crippen LogP contribution >= 0.6 is 11.6 Å². The average Bonchev–Trinajstić information content (AvgIpc) is 2.71. The van der Waals surface area contributed by atoms with E-state index in [2.05, 4.69) is 46.3 Å². The van der Waals surface area contributed by atoms with Crippen molar-refractivity contribution >= 4 is 28.9 Å². The van der Waals surface area contributed by atoms with E-state index in [9.17, 15) is 14.9 Å². The van der Waals surface area contributed by atoms with Crippen LogP contribution < -0.4 is 10.2 Å². The largest absolute Gasteiger partial charge is 0.369 e. The average molecular weight is 417 g/mol. The Morgan fingerprint density at radius 3 is 2.62 bits per heavy atom. The van der Waals surface area contributed by atoms with Crippen molar-refractivity contribution in [1.82, 2.24) is 10.2 Å². The number of nitro groups is 1. The molecule has 7 nitrogen and oxygen atoms in total. The monoisotopic (exact) mass is 416 g/mol. The van der Waals surface area contributed by atoms with Crippen LogP contribution in [0.2, 0.25) is 5.02 Å². The molecular formula is C21H25ClN4O3. The molecule has 0 unspecified atom stereocenters. The van der Waals surface area contributed by atoms with Gasteiger partial charge in [0.05, 0.1) is 4.92 Å². The van der Waals surface area contributed by atoms with Gasteiger partial charge >= 0.3 is 0 Å². The minimum Gasteiger partial charge on any atom is -0.369 e. The molecule has 1 amide bonds. The molecule has 0 atom stereocenters. The van der Waals surface area contributed by atoms with Gasteiger partial charge in [-0.3, -0.25) is 19.8 Å². The first-order chi connectivity index (χ1) is 13.9. The number of rotatable bonds is 7. The van der Waals surface area contributed by atoms with Gasteiger partial charge in [0.1, 0.15) is 5.56 Å². The van der Waals surface area contributed by atoms with Crippen LogP contribution in [0.15, 0.2) is 42.5 Å². The van der Waals surface area contributed by atoms with Crippen LogP contribution in [0.3, 0.4) is 0 Å². The summed E-state index contributed by atoms with van der Waals surface area (Å²) in [6.07, 6.45) is 0.789. The number of piperazine rings is 1. The number of aryl methyl sites for hydroxylation is 1. The maximum Gasteiger partial charge on any atom is 0.283 e. The van der Waals surface area contributed by atoms with E-state index >= 15 is 0 Å². The van der Waals surface area contributed by atoms with E-state index < -0.39 is 10.8 Å². The van der Waals surface area contributed by atoms with Crippen LogP contribution in [0, 0.1) is 17.0 Å². The number of nitro benzene ring substituents is 1. The third-order valence-electron chi connectivity index (χ3n) is 5.08. The van der Waals surface area contributed by atoms with Crippen molar-refractivity contribution in [1.29, 1.82) is 0 Å². The zero-order valence-electron chi connectivity index (χ0n) is 16.4. The van der Waals surface area contributed by atoms with Crippen molar-refractivity contribution in [2.45, 2.75) is 13.3 Å². The van der Waals surface area contributed by atoms with E-state index in [0.29, 0.717) is 6.54 Å². The molecule has 0 saturated carbocycles. The lowest BCUT2D eigenvalue weighted by atomic mass is 10.1. The van der Waals surface area contributed by atoms with E-state index in [1.165, 1.54) is 29.4 Å². The van der Waals surface area contributed by atoms with Crippen LogP contribution in [-0.2, 0) is 0 Å². The summed E-state index contributed by atoms with van der Waals surface area (Å²) in [5.74, 6) is -0.447. The highest BCUT2D eigenvalue weighted by Gasteiger charge is 2.21. The number of nitrogens with zero attached hydrogens (tertiary/aromatic N) is 3. The van der Waals surface area contributed by atoms with E-state index in [1.54, 1.807) is 0 Å². The Morgan fingerprint density at radius 1 is 1.17 bits per heavy atom. The van der Waals surface area contributed by atoms with Gasteiger partial charge in [-0.2, -0.15) is 0 Å². The zero-order chi connectivity index (χ0) is 20.8. The summed E-state index contributed by atoms with van der Waals surface area (Å²) in [5.41, 5.74) is 2.29. The van der Waals surface area contributed by atoms with E-state index in [4.69, 9.17) is 11.6 Å². The lowest BCUT2D eigenvalue weighted by Crippen LogP contribution is -2.47. The van der Waals surface area contributed by atoms with Crippen molar-refractivity contribution < 1.29 is 9.72 Å². The molecule has 0 aromatic heterocycles. The predicted octanol–water partition coefficient (Wildman–Crippen LogP) is 3.50. The van der Waals surface area contributed by atoms with Gasteiger partial charge < -0.3 is 10.2 Å². The predicted molar refractivity (Wildman–Crippen MR) is 115 cm³/mol. The van der Waals surface area contributed by atoms with E-state index in [0.717, 1.165) is 39.1 Å². The second-order valence-corrected chi connectivity index (χ2v) is 7.63. The summed E-state index contributed by atoms with van der Waals surface area (Å²) in [5, 5.41) is 14.1. The Hall–Kier alpha value is -2.64. The molecule has 1 heterocycles. The summed E-state index contributed by atoms with van der Waals surface area (Å²) >= 11 is 5.79. The van der Waals surface area contributed by atoms with Gasteiger partial charge in [-0.1, -0.05) is 23.7 Å². The van der Waals surface area contributed by atoms with Crippen molar-refractivity contribution in [3.05, 3.63) is 68.7 Å². The number of hydrogen-bond donors (Lipinski definition) is 1. The summed E-state index contributed by atoms with van der Waals surface area (Å²) in [7, 11) is 0. The van der Waals surface area contributed by atoms with Crippen molar-refractivity contribution in [3.8, 4) is 0 Å². The van der Waals surface area contributed by atoms with Crippen molar-refractivity contribution in [3.63, 3.8) is 0 Å². The van der Waals surface area contributed by atoms with Crippen LogP contribution in [0.4, 0.5) is 11.4 Å². The first-order valence-electron chi connectivity index (χ1n) is 9.70. The molecule has 1 saturated heterocycles. The molecule has 0 radical (unpaired) electrons. The fourth-order valence-corrected chi connectivity index (χ4v) is 3.67.